The second kappa shape index (κ2) is 14.2. The number of hydrogen-bond donors (Lipinski definition) is 0. The van der Waals surface area contributed by atoms with E-state index in [2.05, 4.69) is 34.9 Å². The smallest absolute Gasteiger partial charge is 0.475 e. The van der Waals surface area contributed by atoms with E-state index in [9.17, 15) is 4.57 Å². The van der Waals surface area contributed by atoms with Crippen LogP contribution in [0.3, 0.4) is 0 Å². The van der Waals surface area contributed by atoms with E-state index in [1.807, 2.05) is 48.5 Å². The molecule has 0 fully saturated rings. The highest BCUT2D eigenvalue weighted by molar-refractivity contribution is 7.48. The van der Waals surface area contributed by atoms with Crippen molar-refractivity contribution < 1.29 is 22.9 Å². The minimum absolute atomic E-state index is 0.231. The maximum Gasteiger partial charge on any atom is 0.475 e. The zero-order valence-corrected chi connectivity index (χ0v) is 21.8. The van der Waals surface area contributed by atoms with Gasteiger partial charge in [-0.1, -0.05) is 54.3 Å². The fraction of sp³-hybridized carbons (Fsp3) is 0.429. The lowest BCUT2D eigenvalue weighted by atomic mass is 9.98. The first-order valence-electron chi connectivity index (χ1n) is 12.2. The number of ether oxygens (including phenoxy) is 1. The monoisotopic (exact) mass is 497 g/mol. The first-order valence-corrected chi connectivity index (χ1v) is 13.7. The van der Waals surface area contributed by atoms with Gasteiger partial charge in [0.25, 0.3) is 0 Å². The zero-order chi connectivity index (χ0) is 24.9. The van der Waals surface area contributed by atoms with E-state index in [1.165, 1.54) is 5.56 Å². The van der Waals surface area contributed by atoms with Crippen LogP contribution in [0.15, 0.2) is 66.7 Å². The summed E-state index contributed by atoms with van der Waals surface area (Å²) in [5.41, 5.74) is 2.24. The van der Waals surface area contributed by atoms with Crippen LogP contribution >= 0.6 is 7.82 Å². The molecule has 0 amide bonds. The Morgan fingerprint density at radius 3 is 2.29 bits per heavy atom. The molecule has 7 heteroatoms. The molecule has 0 saturated heterocycles. The third kappa shape index (κ3) is 8.96. The van der Waals surface area contributed by atoms with Crippen LogP contribution in [0.2, 0.25) is 0 Å². The maximum absolute atomic E-state index is 12.7. The normalized spacial score (nSPS) is 17.7. The second-order valence-corrected chi connectivity index (χ2v) is 9.81. The van der Waals surface area contributed by atoms with Crippen molar-refractivity contribution in [2.45, 2.75) is 51.8 Å². The van der Waals surface area contributed by atoms with Crippen LogP contribution in [0.5, 0.6) is 5.75 Å². The first-order chi connectivity index (χ1) is 17.0. The number of hydrogen-bond acceptors (Lipinski definition) is 6. The number of methoxy groups -OCH3 is 1. The van der Waals surface area contributed by atoms with E-state index < -0.39 is 7.82 Å². The molecule has 6 nitrogen and oxygen atoms in total. The molecule has 0 aromatic heterocycles. The van der Waals surface area contributed by atoms with E-state index in [-0.39, 0.29) is 25.4 Å². The highest BCUT2D eigenvalue weighted by atomic mass is 31.2. The summed E-state index contributed by atoms with van der Waals surface area (Å²) in [4.78, 5) is 2.43. The van der Waals surface area contributed by atoms with Crippen molar-refractivity contribution in [2.75, 3.05) is 26.9 Å². The van der Waals surface area contributed by atoms with Gasteiger partial charge >= 0.3 is 7.82 Å². The Bertz CT molecular complexity index is 1020. The average molecular weight is 498 g/mol. The minimum atomic E-state index is -3.54. The van der Waals surface area contributed by atoms with Gasteiger partial charge in [-0.2, -0.15) is 0 Å². The minimum Gasteiger partial charge on any atom is -0.497 e. The van der Waals surface area contributed by atoms with E-state index in [1.54, 1.807) is 21.0 Å². The molecule has 0 saturated carbocycles. The lowest BCUT2D eigenvalue weighted by Crippen LogP contribution is -2.37. The summed E-state index contributed by atoms with van der Waals surface area (Å²) in [5.74, 6) is 7.41. The van der Waals surface area contributed by atoms with Crippen molar-refractivity contribution in [1.29, 1.82) is 0 Å². The van der Waals surface area contributed by atoms with Crippen molar-refractivity contribution in [3.8, 4) is 17.6 Å². The summed E-state index contributed by atoms with van der Waals surface area (Å²) in [5, 5.41) is 0. The van der Waals surface area contributed by atoms with Gasteiger partial charge in [-0.3, -0.25) is 18.5 Å². The number of phosphoric acid groups is 1. The molecule has 35 heavy (non-hydrogen) atoms. The predicted octanol–water partition coefficient (Wildman–Crippen LogP) is 6.22. The summed E-state index contributed by atoms with van der Waals surface area (Å²) in [7, 11) is -1.87. The Morgan fingerprint density at radius 1 is 0.971 bits per heavy atom. The molecule has 0 bridgehead atoms. The molecule has 0 unspecified atom stereocenters. The molecule has 0 N–H and O–H groups in total. The van der Waals surface area contributed by atoms with E-state index in [0.717, 1.165) is 43.7 Å². The van der Waals surface area contributed by atoms with Gasteiger partial charge in [0.05, 0.1) is 26.4 Å². The summed E-state index contributed by atoms with van der Waals surface area (Å²) in [6.45, 7) is 5.74. The fourth-order valence-corrected chi connectivity index (χ4v) is 5.30. The van der Waals surface area contributed by atoms with Crippen LogP contribution in [0.25, 0.3) is 0 Å². The SMILES string of the molecule is CCOP(=O)(OCC)O[C@@H]1C=C[C@H](N(CCC#Cc2ccccc2)Cc2ccc(OC)cc2)CC1. The van der Waals surface area contributed by atoms with Gasteiger partial charge in [-0.05, 0) is 56.5 Å². The van der Waals surface area contributed by atoms with Crippen LogP contribution in [0.1, 0.15) is 44.2 Å². The predicted molar refractivity (Wildman–Crippen MR) is 139 cm³/mol. The summed E-state index contributed by atoms with van der Waals surface area (Å²) >= 11 is 0. The van der Waals surface area contributed by atoms with Crippen molar-refractivity contribution in [3.05, 3.63) is 77.9 Å². The molecule has 2 aromatic carbocycles. The Balaban J connectivity index is 1.67. The van der Waals surface area contributed by atoms with Gasteiger partial charge in [0, 0.05) is 31.1 Å². The number of nitrogens with zero attached hydrogens (tertiary/aromatic N) is 1. The van der Waals surface area contributed by atoms with Gasteiger partial charge < -0.3 is 4.74 Å². The van der Waals surface area contributed by atoms with Crippen molar-refractivity contribution >= 4 is 7.82 Å². The Morgan fingerprint density at radius 2 is 1.69 bits per heavy atom. The van der Waals surface area contributed by atoms with Crippen molar-refractivity contribution in [3.63, 3.8) is 0 Å². The average Bonchev–Trinajstić information content (AvgIpc) is 2.87. The highest BCUT2D eigenvalue weighted by Gasteiger charge is 2.31. The summed E-state index contributed by atoms with van der Waals surface area (Å²) in [6.07, 6.45) is 6.21. The molecule has 0 aliphatic heterocycles. The quantitative estimate of drug-likeness (QED) is 0.197. The molecular weight excluding hydrogens is 461 g/mol. The van der Waals surface area contributed by atoms with E-state index in [0.29, 0.717) is 0 Å². The highest BCUT2D eigenvalue weighted by Crippen LogP contribution is 2.51. The van der Waals surface area contributed by atoms with Crippen LogP contribution in [0.4, 0.5) is 0 Å². The molecule has 1 aliphatic rings. The third-order valence-electron chi connectivity index (χ3n) is 5.68. The lowest BCUT2D eigenvalue weighted by Gasteiger charge is -2.33. The molecular formula is C28H36NO5P. The molecule has 2 atom stereocenters. The largest absolute Gasteiger partial charge is 0.497 e. The Kier molecular flexibility index (Phi) is 11.1. The van der Waals surface area contributed by atoms with Gasteiger partial charge in [0.1, 0.15) is 5.75 Å². The summed E-state index contributed by atoms with van der Waals surface area (Å²) in [6, 6.07) is 18.4. The zero-order valence-electron chi connectivity index (χ0n) is 20.9. The molecule has 188 valence electrons. The molecule has 1 aliphatic carbocycles. The Hall–Kier alpha value is -2.39. The van der Waals surface area contributed by atoms with Gasteiger partial charge in [-0.25, -0.2) is 4.57 Å². The van der Waals surface area contributed by atoms with E-state index >= 15 is 0 Å². The van der Waals surface area contributed by atoms with Crippen molar-refractivity contribution in [1.82, 2.24) is 4.90 Å². The van der Waals surface area contributed by atoms with Crippen LogP contribution < -0.4 is 4.74 Å². The molecule has 2 aromatic rings. The number of phosphoric ester groups is 1. The molecule has 0 spiro atoms. The van der Waals surface area contributed by atoms with E-state index in [4.69, 9.17) is 18.3 Å². The van der Waals surface area contributed by atoms with Crippen LogP contribution in [-0.4, -0.2) is 43.9 Å². The van der Waals surface area contributed by atoms with Crippen LogP contribution in [0, 0.1) is 11.8 Å². The van der Waals surface area contributed by atoms with Gasteiger partial charge in [0.2, 0.25) is 0 Å². The van der Waals surface area contributed by atoms with Crippen molar-refractivity contribution in [2.24, 2.45) is 0 Å². The topological polar surface area (TPSA) is 57.2 Å². The lowest BCUT2D eigenvalue weighted by molar-refractivity contribution is 0.0883. The fourth-order valence-electron chi connectivity index (χ4n) is 3.97. The molecule has 3 rings (SSSR count). The second-order valence-electron chi connectivity index (χ2n) is 8.19. The van der Waals surface area contributed by atoms with Crippen LogP contribution in [-0.2, 0) is 24.7 Å². The maximum atomic E-state index is 12.7. The molecule has 0 heterocycles. The standard InChI is InChI=1S/C28H36NO5P/c1-4-32-35(30,33-5-2)34-28-20-16-26(17-21-28)29(23-25-14-18-27(31-3)19-15-25)22-10-9-13-24-11-7-6-8-12-24/h6-8,11-12,14-16,18-20,26,28H,4-5,10,17,21-23H2,1-3H3/t26-,28+/m0/s1. The Labute approximate surface area is 209 Å². The first kappa shape index (κ1) is 27.2. The van der Waals surface area contributed by atoms with Gasteiger partial charge in [0.15, 0.2) is 0 Å². The number of benzene rings is 2. The number of rotatable bonds is 12. The third-order valence-corrected chi connectivity index (χ3v) is 7.36. The summed E-state index contributed by atoms with van der Waals surface area (Å²) < 4.78 is 34.4. The van der Waals surface area contributed by atoms with Gasteiger partial charge in [-0.15, -0.1) is 0 Å². The molecule has 0 radical (unpaired) electrons.